The van der Waals surface area contributed by atoms with Crippen molar-refractivity contribution in [3.63, 3.8) is 0 Å². The van der Waals surface area contributed by atoms with E-state index in [0.29, 0.717) is 13.0 Å². The van der Waals surface area contributed by atoms with Crippen LogP contribution in [0.15, 0.2) is 35.7 Å². The predicted octanol–water partition coefficient (Wildman–Crippen LogP) is 3.48. The standard InChI is InChI=1S/C15H21NOS/c1-4-5-9-16-15(17)8-10-18-14-7-6-12(2)13(3)11-14/h4,6-7,11H,1,5,8-10H2,2-3H3,(H,16,17). The number of aryl methyl sites for hydroxylation is 2. The van der Waals surface area contributed by atoms with Crippen molar-refractivity contribution >= 4 is 17.7 Å². The van der Waals surface area contributed by atoms with Crippen LogP contribution in [-0.4, -0.2) is 18.2 Å². The molecule has 18 heavy (non-hydrogen) atoms. The highest BCUT2D eigenvalue weighted by Gasteiger charge is 2.02. The van der Waals surface area contributed by atoms with E-state index in [0.717, 1.165) is 12.2 Å². The Labute approximate surface area is 114 Å². The molecule has 0 radical (unpaired) electrons. The fourth-order valence-corrected chi connectivity index (χ4v) is 2.41. The van der Waals surface area contributed by atoms with Crippen LogP contribution in [-0.2, 0) is 4.79 Å². The second-order valence-electron chi connectivity index (χ2n) is 4.27. The van der Waals surface area contributed by atoms with Crippen LogP contribution in [0, 0.1) is 13.8 Å². The van der Waals surface area contributed by atoms with Crippen molar-refractivity contribution in [3.8, 4) is 0 Å². The van der Waals surface area contributed by atoms with Crippen LogP contribution in [0.2, 0.25) is 0 Å². The minimum atomic E-state index is 0.119. The molecule has 0 spiro atoms. The fraction of sp³-hybridized carbons (Fsp3) is 0.400. The Hall–Kier alpha value is -1.22. The average Bonchev–Trinajstić information content (AvgIpc) is 2.34. The van der Waals surface area contributed by atoms with Gasteiger partial charge in [-0.1, -0.05) is 12.1 Å². The summed E-state index contributed by atoms with van der Waals surface area (Å²) in [5, 5.41) is 2.87. The molecular formula is C15H21NOS. The van der Waals surface area contributed by atoms with E-state index in [4.69, 9.17) is 0 Å². The highest BCUT2D eigenvalue weighted by atomic mass is 32.2. The van der Waals surface area contributed by atoms with Crippen LogP contribution in [0.4, 0.5) is 0 Å². The molecule has 0 atom stereocenters. The SMILES string of the molecule is C=CCCNC(=O)CCSc1ccc(C)c(C)c1. The normalized spacial score (nSPS) is 10.1. The van der Waals surface area contributed by atoms with Crippen LogP contribution >= 0.6 is 11.8 Å². The number of nitrogens with one attached hydrogen (secondary N) is 1. The summed E-state index contributed by atoms with van der Waals surface area (Å²) in [6.45, 7) is 8.53. The molecule has 0 aliphatic heterocycles. The van der Waals surface area contributed by atoms with Gasteiger partial charge in [-0.3, -0.25) is 4.79 Å². The Morgan fingerprint density at radius 2 is 2.17 bits per heavy atom. The maximum absolute atomic E-state index is 11.5. The van der Waals surface area contributed by atoms with Crippen LogP contribution in [0.1, 0.15) is 24.0 Å². The lowest BCUT2D eigenvalue weighted by atomic mass is 10.1. The highest BCUT2D eigenvalue weighted by molar-refractivity contribution is 7.99. The maximum Gasteiger partial charge on any atom is 0.220 e. The Balaban J connectivity index is 2.26. The molecule has 0 fully saturated rings. The topological polar surface area (TPSA) is 29.1 Å². The summed E-state index contributed by atoms with van der Waals surface area (Å²) in [4.78, 5) is 12.7. The summed E-state index contributed by atoms with van der Waals surface area (Å²) in [6, 6.07) is 6.42. The third-order valence-electron chi connectivity index (χ3n) is 2.75. The van der Waals surface area contributed by atoms with Gasteiger partial charge in [0.2, 0.25) is 5.91 Å². The number of carbonyl (C=O) groups excluding carboxylic acids is 1. The van der Waals surface area contributed by atoms with Gasteiger partial charge in [-0.15, -0.1) is 18.3 Å². The lowest BCUT2D eigenvalue weighted by Gasteiger charge is -2.05. The van der Waals surface area contributed by atoms with Gasteiger partial charge >= 0.3 is 0 Å². The fourth-order valence-electron chi connectivity index (χ4n) is 1.47. The van der Waals surface area contributed by atoms with E-state index < -0.39 is 0 Å². The van der Waals surface area contributed by atoms with Crippen molar-refractivity contribution in [3.05, 3.63) is 42.0 Å². The summed E-state index contributed by atoms with van der Waals surface area (Å²) < 4.78 is 0. The molecule has 3 heteroatoms. The molecular weight excluding hydrogens is 242 g/mol. The van der Waals surface area contributed by atoms with Gasteiger partial charge in [-0.2, -0.15) is 0 Å². The molecule has 98 valence electrons. The van der Waals surface area contributed by atoms with Gasteiger partial charge in [0, 0.05) is 23.6 Å². The van der Waals surface area contributed by atoms with Crippen molar-refractivity contribution in [1.29, 1.82) is 0 Å². The van der Waals surface area contributed by atoms with E-state index in [1.807, 2.05) is 6.08 Å². The van der Waals surface area contributed by atoms with E-state index in [-0.39, 0.29) is 5.91 Å². The van der Waals surface area contributed by atoms with Crippen molar-refractivity contribution < 1.29 is 4.79 Å². The van der Waals surface area contributed by atoms with Crippen LogP contribution in [0.25, 0.3) is 0 Å². The number of amides is 1. The van der Waals surface area contributed by atoms with Gasteiger partial charge in [-0.25, -0.2) is 0 Å². The second-order valence-corrected chi connectivity index (χ2v) is 5.44. The molecule has 0 saturated heterocycles. The van der Waals surface area contributed by atoms with Crippen LogP contribution < -0.4 is 5.32 Å². The van der Waals surface area contributed by atoms with Gasteiger partial charge in [0.25, 0.3) is 0 Å². The minimum Gasteiger partial charge on any atom is -0.356 e. The van der Waals surface area contributed by atoms with Gasteiger partial charge < -0.3 is 5.32 Å². The van der Waals surface area contributed by atoms with Crippen LogP contribution in [0.3, 0.4) is 0 Å². The monoisotopic (exact) mass is 263 g/mol. The van der Waals surface area contributed by atoms with E-state index >= 15 is 0 Å². The smallest absolute Gasteiger partial charge is 0.220 e. The zero-order valence-electron chi connectivity index (χ0n) is 11.2. The van der Waals surface area contributed by atoms with E-state index in [2.05, 4.69) is 43.9 Å². The van der Waals surface area contributed by atoms with E-state index in [9.17, 15) is 4.79 Å². The molecule has 0 saturated carbocycles. The molecule has 0 bridgehead atoms. The first-order chi connectivity index (χ1) is 8.63. The molecule has 0 unspecified atom stereocenters. The van der Waals surface area contributed by atoms with Gasteiger partial charge in [0.1, 0.15) is 0 Å². The van der Waals surface area contributed by atoms with E-state index in [1.165, 1.54) is 16.0 Å². The summed E-state index contributed by atoms with van der Waals surface area (Å²) in [7, 11) is 0. The molecule has 0 aliphatic carbocycles. The molecule has 2 nitrogen and oxygen atoms in total. The summed E-state index contributed by atoms with van der Waals surface area (Å²) in [5.41, 5.74) is 2.61. The number of benzene rings is 1. The largest absolute Gasteiger partial charge is 0.356 e. The molecule has 1 N–H and O–H groups in total. The summed E-state index contributed by atoms with van der Waals surface area (Å²) in [6.07, 6.45) is 3.20. The van der Waals surface area contributed by atoms with Crippen molar-refractivity contribution in [1.82, 2.24) is 5.32 Å². The second kappa shape index (κ2) is 7.98. The van der Waals surface area contributed by atoms with Crippen molar-refractivity contribution in [2.24, 2.45) is 0 Å². The lowest BCUT2D eigenvalue weighted by Crippen LogP contribution is -2.24. The maximum atomic E-state index is 11.5. The number of hydrogen-bond donors (Lipinski definition) is 1. The first kappa shape index (κ1) is 14.8. The molecule has 1 aromatic rings. The number of thioether (sulfide) groups is 1. The predicted molar refractivity (Wildman–Crippen MR) is 79.1 cm³/mol. The van der Waals surface area contributed by atoms with Gasteiger partial charge in [-0.05, 0) is 43.5 Å². The van der Waals surface area contributed by atoms with Gasteiger partial charge in [0.15, 0.2) is 0 Å². The minimum absolute atomic E-state index is 0.119. The molecule has 1 amide bonds. The first-order valence-electron chi connectivity index (χ1n) is 6.21. The molecule has 0 aromatic heterocycles. The quantitative estimate of drug-likeness (QED) is 0.463. The molecule has 0 heterocycles. The molecule has 1 aromatic carbocycles. The lowest BCUT2D eigenvalue weighted by molar-refractivity contribution is -0.120. The third kappa shape index (κ3) is 5.41. The molecule has 1 rings (SSSR count). The Bertz CT molecular complexity index is 415. The first-order valence-corrected chi connectivity index (χ1v) is 7.19. The van der Waals surface area contributed by atoms with Crippen molar-refractivity contribution in [2.75, 3.05) is 12.3 Å². The number of rotatable bonds is 7. The Morgan fingerprint density at radius 1 is 1.39 bits per heavy atom. The van der Waals surface area contributed by atoms with Gasteiger partial charge in [0.05, 0.1) is 0 Å². The zero-order valence-corrected chi connectivity index (χ0v) is 12.0. The number of carbonyl (C=O) groups is 1. The van der Waals surface area contributed by atoms with Crippen LogP contribution in [0.5, 0.6) is 0 Å². The third-order valence-corrected chi connectivity index (χ3v) is 3.74. The highest BCUT2D eigenvalue weighted by Crippen LogP contribution is 2.21. The van der Waals surface area contributed by atoms with E-state index in [1.54, 1.807) is 11.8 Å². The number of hydrogen-bond acceptors (Lipinski definition) is 2. The Morgan fingerprint density at radius 3 is 2.83 bits per heavy atom. The summed E-state index contributed by atoms with van der Waals surface area (Å²) >= 11 is 1.73. The average molecular weight is 263 g/mol. The molecule has 0 aliphatic rings. The summed E-state index contributed by atoms with van der Waals surface area (Å²) in [5.74, 6) is 0.941. The Kier molecular flexibility index (Phi) is 6.58. The van der Waals surface area contributed by atoms with Crippen molar-refractivity contribution in [2.45, 2.75) is 31.6 Å². The zero-order chi connectivity index (χ0) is 13.4.